The number of aromatic nitrogens is 3. The lowest BCUT2D eigenvalue weighted by Gasteiger charge is -2.28. The zero-order chi connectivity index (χ0) is 13.9. The van der Waals surface area contributed by atoms with Crippen LogP contribution in [0.15, 0.2) is 29.4 Å². The number of nitrogen functional groups attached to an aromatic ring is 1. The van der Waals surface area contributed by atoms with E-state index in [4.69, 9.17) is 5.73 Å². The molecule has 0 fully saturated rings. The lowest BCUT2D eigenvalue weighted by molar-refractivity contribution is -0.129. The van der Waals surface area contributed by atoms with E-state index in [0.29, 0.717) is 17.5 Å². The van der Waals surface area contributed by atoms with Crippen molar-refractivity contribution in [3.63, 3.8) is 0 Å². The summed E-state index contributed by atoms with van der Waals surface area (Å²) in [7, 11) is 0. The number of rotatable bonds is 3. The summed E-state index contributed by atoms with van der Waals surface area (Å²) in [6.07, 6.45) is 0.917. The molecular formula is C13H15N5OS. The molecule has 3 rings (SSSR count). The third kappa shape index (κ3) is 2.77. The molecule has 0 bridgehead atoms. The molecule has 1 amide bonds. The Bertz CT molecular complexity index is 627. The highest BCUT2D eigenvalue weighted by molar-refractivity contribution is 7.99. The Morgan fingerprint density at radius 1 is 1.40 bits per heavy atom. The fourth-order valence-corrected chi connectivity index (χ4v) is 2.96. The average molecular weight is 289 g/mol. The van der Waals surface area contributed by atoms with Crippen molar-refractivity contribution in [3.05, 3.63) is 35.4 Å². The van der Waals surface area contributed by atoms with Gasteiger partial charge in [-0.05, 0) is 17.5 Å². The van der Waals surface area contributed by atoms with E-state index in [9.17, 15) is 4.79 Å². The molecule has 1 aromatic carbocycles. The molecule has 0 saturated carbocycles. The second-order valence-corrected chi connectivity index (χ2v) is 5.57. The van der Waals surface area contributed by atoms with Crippen molar-refractivity contribution in [3.8, 4) is 0 Å². The van der Waals surface area contributed by atoms with Gasteiger partial charge in [-0.25, -0.2) is 5.10 Å². The summed E-state index contributed by atoms with van der Waals surface area (Å²) in [6.45, 7) is 1.46. The van der Waals surface area contributed by atoms with Crippen LogP contribution in [-0.4, -0.2) is 38.3 Å². The van der Waals surface area contributed by atoms with E-state index in [1.54, 1.807) is 0 Å². The molecule has 0 unspecified atom stereocenters. The predicted octanol–water partition coefficient (Wildman–Crippen LogP) is 1.06. The molecule has 1 aliphatic rings. The summed E-state index contributed by atoms with van der Waals surface area (Å²) in [5.74, 6) is 0.708. The van der Waals surface area contributed by atoms with Crippen molar-refractivity contribution in [1.82, 2.24) is 20.1 Å². The van der Waals surface area contributed by atoms with Gasteiger partial charge in [-0.3, -0.25) is 4.79 Å². The maximum atomic E-state index is 12.2. The molecular weight excluding hydrogens is 274 g/mol. The van der Waals surface area contributed by atoms with E-state index in [1.165, 1.54) is 22.9 Å². The first-order valence-corrected chi connectivity index (χ1v) is 7.36. The SMILES string of the molecule is Nc1nc(SCC(=O)N2CCc3ccccc3C2)n[nH]1. The van der Waals surface area contributed by atoms with E-state index < -0.39 is 0 Å². The average Bonchev–Trinajstić information content (AvgIpc) is 2.90. The zero-order valence-electron chi connectivity index (χ0n) is 10.9. The number of aromatic amines is 1. The fraction of sp³-hybridized carbons (Fsp3) is 0.308. The molecule has 0 radical (unpaired) electrons. The van der Waals surface area contributed by atoms with Gasteiger partial charge in [0, 0.05) is 13.1 Å². The number of H-pyrrole nitrogens is 1. The van der Waals surface area contributed by atoms with Crippen molar-refractivity contribution in [1.29, 1.82) is 0 Å². The van der Waals surface area contributed by atoms with Gasteiger partial charge < -0.3 is 10.6 Å². The van der Waals surface area contributed by atoms with E-state index in [0.717, 1.165) is 13.0 Å². The third-order valence-electron chi connectivity index (χ3n) is 3.29. The molecule has 0 saturated heterocycles. The van der Waals surface area contributed by atoms with Gasteiger partial charge in [0.05, 0.1) is 5.75 Å². The van der Waals surface area contributed by atoms with E-state index >= 15 is 0 Å². The van der Waals surface area contributed by atoms with Gasteiger partial charge in [0.15, 0.2) is 0 Å². The smallest absolute Gasteiger partial charge is 0.233 e. The molecule has 7 heteroatoms. The third-order valence-corrected chi connectivity index (χ3v) is 4.12. The van der Waals surface area contributed by atoms with Gasteiger partial charge in [0.25, 0.3) is 0 Å². The minimum atomic E-state index is 0.105. The standard InChI is InChI=1S/C13H15N5OS/c14-12-15-13(17-16-12)20-8-11(19)18-6-5-9-3-1-2-4-10(9)7-18/h1-4H,5-8H2,(H3,14,15,16,17). The zero-order valence-corrected chi connectivity index (χ0v) is 11.7. The molecule has 1 aliphatic heterocycles. The van der Waals surface area contributed by atoms with Crippen LogP contribution in [0.4, 0.5) is 5.95 Å². The Kier molecular flexibility index (Phi) is 3.60. The van der Waals surface area contributed by atoms with Crippen LogP contribution in [0.3, 0.4) is 0 Å². The highest BCUT2D eigenvalue weighted by atomic mass is 32.2. The highest BCUT2D eigenvalue weighted by Crippen LogP contribution is 2.20. The summed E-state index contributed by atoms with van der Waals surface area (Å²) in [4.78, 5) is 18.0. The van der Waals surface area contributed by atoms with Gasteiger partial charge in [0.1, 0.15) is 0 Å². The number of carbonyl (C=O) groups excluding carboxylic acids is 1. The number of nitrogens with zero attached hydrogens (tertiary/aromatic N) is 3. The number of carbonyl (C=O) groups is 1. The lowest BCUT2D eigenvalue weighted by Crippen LogP contribution is -2.37. The minimum absolute atomic E-state index is 0.105. The number of amides is 1. The molecule has 0 aliphatic carbocycles. The maximum Gasteiger partial charge on any atom is 0.233 e. The quantitative estimate of drug-likeness (QED) is 0.825. The van der Waals surface area contributed by atoms with Crippen LogP contribution >= 0.6 is 11.8 Å². The van der Waals surface area contributed by atoms with E-state index in [1.807, 2.05) is 17.0 Å². The summed E-state index contributed by atoms with van der Waals surface area (Å²) in [5.41, 5.74) is 8.02. The minimum Gasteiger partial charge on any atom is -0.368 e. The van der Waals surface area contributed by atoms with E-state index in [2.05, 4.69) is 27.3 Å². The van der Waals surface area contributed by atoms with E-state index in [-0.39, 0.29) is 11.9 Å². The first kappa shape index (κ1) is 13.0. The van der Waals surface area contributed by atoms with Crippen molar-refractivity contribution >= 4 is 23.6 Å². The van der Waals surface area contributed by atoms with Crippen molar-refractivity contribution < 1.29 is 4.79 Å². The normalized spacial score (nSPS) is 14.1. The molecule has 1 aromatic heterocycles. The van der Waals surface area contributed by atoms with Crippen LogP contribution in [0.25, 0.3) is 0 Å². The second kappa shape index (κ2) is 5.54. The molecule has 0 atom stereocenters. The molecule has 0 spiro atoms. The monoisotopic (exact) mass is 289 g/mol. The summed E-state index contributed by atoms with van der Waals surface area (Å²) >= 11 is 1.30. The van der Waals surface area contributed by atoms with Crippen LogP contribution in [-0.2, 0) is 17.8 Å². The van der Waals surface area contributed by atoms with Crippen molar-refractivity contribution in [2.75, 3.05) is 18.0 Å². The molecule has 2 aromatic rings. The van der Waals surface area contributed by atoms with Crippen molar-refractivity contribution in [2.45, 2.75) is 18.1 Å². The Morgan fingerprint density at radius 3 is 2.95 bits per heavy atom. The van der Waals surface area contributed by atoms with Gasteiger partial charge in [-0.15, -0.1) is 5.10 Å². The molecule has 20 heavy (non-hydrogen) atoms. The van der Waals surface area contributed by atoms with Crippen LogP contribution in [0.2, 0.25) is 0 Å². The first-order chi connectivity index (χ1) is 9.72. The summed E-state index contributed by atoms with van der Waals surface area (Å²) < 4.78 is 0. The van der Waals surface area contributed by atoms with Crippen molar-refractivity contribution in [2.24, 2.45) is 0 Å². The lowest BCUT2D eigenvalue weighted by atomic mass is 10.00. The van der Waals surface area contributed by atoms with Gasteiger partial charge in [-0.1, -0.05) is 36.0 Å². The largest absolute Gasteiger partial charge is 0.368 e. The summed E-state index contributed by atoms with van der Waals surface area (Å²) in [5, 5.41) is 6.96. The van der Waals surface area contributed by atoms with Crippen LogP contribution in [0.5, 0.6) is 0 Å². The number of anilines is 1. The second-order valence-electron chi connectivity index (χ2n) is 4.63. The Labute approximate surface area is 120 Å². The number of fused-ring (bicyclic) bond motifs is 1. The Hall–Kier alpha value is -2.02. The number of nitrogens with two attached hydrogens (primary N) is 1. The Morgan fingerprint density at radius 2 is 2.20 bits per heavy atom. The Balaban J connectivity index is 1.59. The van der Waals surface area contributed by atoms with Crippen LogP contribution in [0, 0.1) is 0 Å². The first-order valence-electron chi connectivity index (χ1n) is 6.37. The fourth-order valence-electron chi connectivity index (χ4n) is 2.25. The number of thioether (sulfide) groups is 1. The van der Waals surface area contributed by atoms with Gasteiger partial charge in [0.2, 0.25) is 17.0 Å². The van der Waals surface area contributed by atoms with Gasteiger partial charge in [-0.2, -0.15) is 4.98 Å². The van der Waals surface area contributed by atoms with Crippen LogP contribution < -0.4 is 5.73 Å². The molecule has 2 heterocycles. The highest BCUT2D eigenvalue weighted by Gasteiger charge is 2.20. The number of benzene rings is 1. The molecule has 3 N–H and O–H groups in total. The summed E-state index contributed by atoms with van der Waals surface area (Å²) in [6, 6.07) is 8.26. The number of nitrogens with one attached hydrogen (secondary N) is 1. The van der Waals surface area contributed by atoms with Gasteiger partial charge >= 0.3 is 0 Å². The maximum absolute atomic E-state index is 12.2. The number of hydrogen-bond donors (Lipinski definition) is 2. The van der Waals surface area contributed by atoms with Crippen LogP contribution in [0.1, 0.15) is 11.1 Å². The predicted molar refractivity (Wildman–Crippen MR) is 77.1 cm³/mol. The molecule has 104 valence electrons. The number of hydrogen-bond acceptors (Lipinski definition) is 5. The molecule has 6 nitrogen and oxygen atoms in total. The topological polar surface area (TPSA) is 87.9 Å².